The molecule has 0 saturated carbocycles. The largest absolute Gasteiger partial charge is 0.511 e. The molecule has 0 unspecified atom stereocenters. The number of rotatable bonds is 7. The molecule has 0 radical (unpaired) electrons. The molecule has 0 bridgehead atoms. The van der Waals surface area contributed by atoms with E-state index < -0.39 is 5.69 Å². The maximum atomic E-state index is 11.1. The van der Waals surface area contributed by atoms with Crippen LogP contribution in [0.3, 0.4) is 0 Å². The Kier molecular flexibility index (Phi) is 5.85. The number of H-pyrrole nitrogens is 1. The van der Waals surface area contributed by atoms with Crippen molar-refractivity contribution >= 4 is 11.6 Å². The standard InChI is InChI=1S/C15H21N7O2/c1-22(2)9-10-5-6-17-11(7-10)3-4-12(23)8-18-14-13(16)20-21-15(24)19-14/h4-7,23H,3,8-9H2,1-2H3,(H2,16,20)(H2,18,19,21,24)/b12-4-. The highest BCUT2D eigenvalue weighted by atomic mass is 16.3. The number of nitrogen functional groups attached to an aromatic ring is 1. The van der Waals surface area contributed by atoms with Gasteiger partial charge >= 0.3 is 5.69 Å². The molecule has 0 aromatic carbocycles. The molecule has 9 nitrogen and oxygen atoms in total. The van der Waals surface area contributed by atoms with Gasteiger partial charge in [-0.2, -0.15) is 4.98 Å². The van der Waals surface area contributed by atoms with Crippen molar-refractivity contribution in [1.29, 1.82) is 0 Å². The molecule has 5 N–H and O–H groups in total. The van der Waals surface area contributed by atoms with E-state index in [0.717, 1.165) is 17.8 Å². The van der Waals surface area contributed by atoms with Crippen LogP contribution in [-0.2, 0) is 13.0 Å². The maximum absolute atomic E-state index is 11.1. The van der Waals surface area contributed by atoms with Crippen molar-refractivity contribution in [3.63, 3.8) is 0 Å². The average molecular weight is 331 g/mol. The highest BCUT2D eigenvalue weighted by Crippen LogP contribution is 2.09. The van der Waals surface area contributed by atoms with Gasteiger partial charge in [0.2, 0.25) is 0 Å². The normalized spacial score (nSPS) is 11.7. The van der Waals surface area contributed by atoms with Crippen LogP contribution in [0.2, 0.25) is 0 Å². The number of aromatic nitrogens is 4. The number of nitrogens with two attached hydrogens (primary N) is 1. The Morgan fingerprint density at radius 2 is 2.29 bits per heavy atom. The zero-order valence-electron chi connectivity index (χ0n) is 13.7. The summed E-state index contributed by atoms with van der Waals surface area (Å²) in [5, 5.41) is 18.4. The quantitative estimate of drug-likeness (QED) is 0.532. The van der Waals surface area contributed by atoms with Crippen molar-refractivity contribution < 1.29 is 5.11 Å². The topological polar surface area (TPSA) is 133 Å². The van der Waals surface area contributed by atoms with E-state index in [9.17, 15) is 9.90 Å². The van der Waals surface area contributed by atoms with Crippen LogP contribution in [0.25, 0.3) is 0 Å². The fourth-order valence-electron chi connectivity index (χ4n) is 2.05. The molecule has 128 valence electrons. The molecule has 0 fully saturated rings. The molecule has 9 heteroatoms. The highest BCUT2D eigenvalue weighted by molar-refractivity contribution is 5.54. The lowest BCUT2D eigenvalue weighted by molar-refractivity contribution is 0.401. The van der Waals surface area contributed by atoms with Crippen LogP contribution in [-0.4, -0.2) is 50.8 Å². The summed E-state index contributed by atoms with van der Waals surface area (Å²) in [5.74, 6) is 0.279. The minimum absolute atomic E-state index is 0.0560. The first-order valence-corrected chi connectivity index (χ1v) is 7.36. The summed E-state index contributed by atoms with van der Waals surface area (Å²) in [6.07, 6.45) is 3.89. The Bertz CT molecular complexity index is 770. The Morgan fingerprint density at radius 3 is 3.04 bits per heavy atom. The molecule has 0 atom stereocenters. The van der Waals surface area contributed by atoms with Gasteiger partial charge in [0.25, 0.3) is 0 Å². The van der Waals surface area contributed by atoms with Crippen molar-refractivity contribution in [1.82, 2.24) is 25.1 Å². The van der Waals surface area contributed by atoms with E-state index in [1.54, 1.807) is 12.3 Å². The van der Waals surface area contributed by atoms with Gasteiger partial charge in [0.05, 0.1) is 6.54 Å². The van der Waals surface area contributed by atoms with Crippen LogP contribution < -0.4 is 16.7 Å². The van der Waals surface area contributed by atoms with E-state index in [1.165, 1.54) is 0 Å². The van der Waals surface area contributed by atoms with Gasteiger partial charge in [0, 0.05) is 24.9 Å². The van der Waals surface area contributed by atoms with E-state index in [1.807, 2.05) is 26.2 Å². The van der Waals surface area contributed by atoms with Crippen molar-refractivity contribution in [3.05, 3.63) is 51.9 Å². The van der Waals surface area contributed by atoms with Gasteiger partial charge in [-0.1, -0.05) is 0 Å². The van der Waals surface area contributed by atoms with Gasteiger partial charge in [-0.15, -0.1) is 5.10 Å². The summed E-state index contributed by atoms with van der Waals surface area (Å²) in [6.45, 7) is 0.910. The lowest BCUT2D eigenvalue weighted by Gasteiger charge is -2.10. The predicted molar refractivity (Wildman–Crippen MR) is 91.6 cm³/mol. The second-order valence-corrected chi connectivity index (χ2v) is 5.52. The van der Waals surface area contributed by atoms with E-state index in [4.69, 9.17) is 5.73 Å². The van der Waals surface area contributed by atoms with Crippen LogP contribution in [0.1, 0.15) is 11.3 Å². The molecular formula is C15H21N7O2. The number of hydrogen-bond donors (Lipinski definition) is 4. The molecule has 0 saturated heterocycles. The minimum Gasteiger partial charge on any atom is -0.511 e. The Morgan fingerprint density at radius 1 is 1.50 bits per heavy atom. The number of aromatic amines is 1. The Balaban J connectivity index is 1.94. The third-order valence-corrected chi connectivity index (χ3v) is 3.09. The van der Waals surface area contributed by atoms with Gasteiger partial charge in [0.15, 0.2) is 11.6 Å². The van der Waals surface area contributed by atoms with Crippen LogP contribution in [0.15, 0.2) is 35.0 Å². The smallest absolute Gasteiger partial charge is 0.363 e. The fourth-order valence-corrected chi connectivity index (χ4v) is 2.05. The van der Waals surface area contributed by atoms with Crippen LogP contribution >= 0.6 is 0 Å². The Hall–Kier alpha value is -2.94. The van der Waals surface area contributed by atoms with Crippen molar-refractivity contribution in [2.75, 3.05) is 31.7 Å². The van der Waals surface area contributed by atoms with E-state index >= 15 is 0 Å². The molecule has 2 aromatic heterocycles. The molecule has 2 heterocycles. The summed E-state index contributed by atoms with van der Waals surface area (Å²) in [4.78, 5) is 21.1. The number of nitrogens with one attached hydrogen (secondary N) is 2. The third kappa shape index (κ3) is 5.36. The minimum atomic E-state index is -0.614. The number of hydrogen-bond acceptors (Lipinski definition) is 8. The first kappa shape index (κ1) is 17.4. The van der Waals surface area contributed by atoms with Gasteiger partial charge < -0.3 is 21.1 Å². The molecule has 0 aliphatic heterocycles. The van der Waals surface area contributed by atoms with E-state index in [-0.39, 0.29) is 23.9 Å². The number of nitrogens with zero attached hydrogens (tertiary/aromatic N) is 4. The summed E-state index contributed by atoms with van der Waals surface area (Å²) < 4.78 is 0. The number of anilines is 2. The summed E-state index contributed by atoms with van der Waals surface area (Å²) in [5.41, 5.74) is 6.97. The molecule has 0 aliphatic carbocycles. The van der Waals surface area contributed by atoms with Crippen LogP contribution in [0.4, 0.5) is 11.6 Å². The molecular weight excluding hydrogens is 310 g/mol. The number of aliphatic hydroxyl groups excluding tert-OH is 1. The summed E-state index contributed by atoms with van der Waals surface area (Å²) >= 11 is 0. The monoisotopic (exact) mass is 331 g/mol. The third-order valence-electron chi connectivity index (χ3n) is 3.09. The van der Waals surface area contributed by atoms with Gasteiger partial charge in [-0.05, 0) is 37.9 Å². The highest BCUT2D eigenvalue weighted by Gasteiger charge is 2.04. The lowest BCUT2D eigenvalue weighted by Crippen LogP contribution is -2.18. The van der Waals surface area contributed by atoms with Crippen molar-refractivity contribution in [3.8, 4) is 0 Å². The average Bonchev–Trinajstić information content (AvgIpc) is 2.53. The molecule has 0 spiro atoms. The Labute approximate surface area is 139 Å². The fraction of sp³-hybridized carbons (Fsp3) is 0.333. The molecule has 0 amide bonds. The van der Waals surface area contributed by atoms with Gasteiger partial charge in [-0.3, -0.25) is 4.98 Å². The number of pyridine rings is 1. The van der Waals surface area contributed by atoms with Gasteiger partial charge in [0.1, 0.15) is 5.76 Å². The molecule has 2 aromatic rings. The first-order chi connectivity index (χ1) is 11.4. The zero-order valence-corrected chi connectivity index (χ0v) is 13.7. The summed E-state index contributed by atoms with van der Waals surface area (Å²) in [7, 11) is 4.00. The number of allylic oxidation sites excluding steroid dienone is 1. The van der Waals surface area contributed by atoms with Crippen LogP contribution in [0.5, 0.6) is 0 Å². The lowest BCUT2D eigenvalue weighted by atomic mass is 10.2. The second kappa shape index (κ2) is 8.06. The SMILES string of the molecule is CN(C)Cc1ccnc(C/C=C(\O)CNc2nc(=O)[nH]nc2N)c1. The number of aliphatic hydroxyl groups is 1. The van der Waals surface area contributed by atoms with E-state index in [0.29, 0.717) is 6.42 Å². The first-order valence-electron chi connectivity index (χ1n) is 7.36. The zero-order chi connectivity index (χ0) is 17.5. The van der Waals surface area contributed by atoms with E-state index in [2.05, 4.69) is 30.4 Å². The summed E-state index contributed by atoms with van der Waals surface area (Å²) in [6, 6.07) is 3.96. The van der Waals surface area contributed by atoms with Gasteiger partial charge in [-0.25, -0.2) is 9.89 Å². The molecule has 0 aliphatic rings. The van der Waals surface area contributed by atoms with Crippen LogP contribution in [0, 0.1) is 0 Å². The molecule has 2 rings (SSSR count). The maximum Gasteiger partial charge on any atom is 0.363 e. The molecule has 24 heavy (non-hydrogen) atoms. The van der Waals surface area contributed by atoms with Crippen molar-refractivity contribution in [2.45, 2.75) is 13.0 Å². The van der Waals surface area contributed by atoms with Crippen molar-refractivity contribution in [2.24, 2.45) is 0 Å². The predicted octanol–water partition coefficient (Wildman–Crippen LogP) is 0.300. The second-order valence-electron chi connectivity index (χ2n) is 5.52.